The fraction of sp³-hybridized carbons (Fsp3) is 0.923. The molecule has 2 aliphatic heterocycles. The molecule has 0 radical (unpaired) electrons. The monoisotopic (exact) mass is 619 g/mol. The number of hydrogen-bond acceptors (Lipinski definition) is 5. The van der Waals surface area contributed by atoms with Gasteiger partial charge in [0.05, 0.1) is 0 Å². The summed E-state index contributed by atoms with van der Waals surface area (Å²) >= 11 is -2.64. The zero-order valence-electron chi connectivity index (χ0n) is 14.2. The van der Waals surface area contributed by atoms with Crippen molar-refractivity contribution in [3.05, 3.63) is 0 Å². The van der Waals surface area contributed by atoms with Gasteiger partial charge < -0.3 is 0 Å². The number of hydrogen-bond donors (Lipinski definition) is 3. The molecule has 0 bridgehead atoms. The van der Waals surface area contributed by atoms with E-state index in [9.17, 15) is 36.2 Å². The second kappa shape index (κ2) is 6.45. The van der Waals surface area contributed by atoms with Gasteiger partial charge in [0, 0.05) is 0 Å². The molecule has 1 unspecified atom stereocenters. The van der Waals surface area contributed by atoms with Crippen molar-refractivity contribution < 1.29 is 62.2 Å². The fourth-order valence-electron chi connectivity index (χ4n) is 2.86. The van der Waals surface area contributed by atoms with Crippen molar-refractivity contribution in [2.75, 3.05) is 4.93 Å². The molecule has 2 saturated heterocycles. The third-order valence-corrected chi connectivity index (χ3v) is 14.3. The van der Waals surface area contributed by atoms with E-state index in [1.165, 1.54) is 6.92 Å². The Balaban J connectivity index is 2.47. The average molecular weight is 619 g/mol. The van der Waals surface area contributed by atoms with Gasteiger partial charge >= 0.3 is 165 Å². The van der Waals surface area contributed by atoms with Gasteiger partial charge in [-0.05, 0) is 0 Å². The van der Waals surface area contributed by atoms with Crippen LogP contribution in [0.1, 0.15) is 33.6 Å². The molecule has 0 aromatic carbocycles. The second-order valence-corrected chi connectivity index (χ2v) is 13.7. The van der Waals surface area contributed by atoms with Gasteiger partial charge in [0.2, 0.25) is 0 Å². The van der Waals surface area contributed by atoms with Crippen molar-refractivity contribution >= 4 is 26.3 Å². The predicted octanol–water partition coefficient (Wildman–Crippen LogP) is -0.382. The molecular weight excluding hydrogens is 600 g/mol. The number of carbonyl (C=O) groups is 1. The third kappa shape index (κ3) is 2.85. The normalized spacial score (nSPS) is 23.3. The summed E-state index contributed by atoms with van der Waals surface area (Å²) in [6.45, 7) is 3.54. The third-order valence-electron chi connectivity index (χ3n) is 4.98. The Morgan fingerprint density at radius 1 is 1.12 bits per heavy atom. The van der Waals surface area contributed by atoms with E-state index in [-0.39, 0.29) is 0 Å². The molecule has 13 heteroatoms. The van der Waals surface area contributed by atoms with Crippen LogP contribution in [0.15, 0.2) is 0 Å². The molecule has 3 N–H and O–H groups in total. The summed E-state index contributed by atoms with van der Waals surface area (Å²) in [6, 6.07) is 0. The van der Waals surface area contributed by atoms with E-state index in [2.05, 4.69) is 7.06 Å². The van der Waals surface area contributed by atoms with Crippen molar-refractivity contribution in [1.29, 1.82) is 0 Å². The van der Waals surface area contributed by atoms with Crippen molar-refractivity contribution in [1.82, 2.24) is 7.06 Å². The maximum absolute atomic E-state index is 13.4. The summed E-state index contributed by atoms with van der Waals surface area (Å²) in [5, 5.41) is 9.87. The number of rotatable bonds is 7. The molecule has 0 saturated carbocycles. The number of ether oxygens (including phenoxy) is 1. The van der Waals surface area contributed by atoms with E-state index < -0.39 is 91.0 Å². The van der Waals surface area contributed by atoms with Crippen LogP contribution in [0.3, 0.4) is 0 Å². The molecular formula is C13H19F6I2N2O3-. The van der Waals surface area contributed by atoms with Crippen LogP contribution in [-0.2, 0) is 9.53 Å². The van der Waals surface area contributed by atoms with Crippen molar-refractivity contribution in [3.8, 4) is 0 Å². The Bertz CT molecular complexity index is 575. The van der Waals surface area contributed by atoms with Gasteiger partial charge in [-0.1, -0.05) is 0 Å². The number of halogens is 8. The molecule has 1 atom stereocenters. The average Bonchev–Trinajstić information content (AvgIpc) is 3.38. The summed E-state index contributed by atoms with van der Waals surface area (Å²) in [7, 11) is 0. The van der Waals surface area contributed by atoms with Crippen LogP contribution in [-0.4, -0.2) is 46.7 Å². The Morgan fingerprint density at radius 2 is 1.50 bits per heavy atom. The van der Waals surface area contributed by atoms with E-state index >= 15 is 0 Å². The Morgan fingerprint density at radius 3 is 1.73 bits per heavy atom. The number of aliphatic hydroxyl groups is 1. The summed E-state index contributed by atoms with van der Waals surface area (Å²) < 4.78 is 89.5. The van der Waals surface area contributed by atoms with Gasteiger partial charge in [0.1, 0.15) is 0 Å². The SMILES string of the molecule is CCC(CC)(OC(=O)C(C)([I-]C)C12NI1N2)C(O)(C(F)(F)F)C(F)(F)F. The number of fused-ring (bicyclic) bond motifs is 1. The second-order valence-electron chi connectivity index (χ2n) is 6.12. The van der Waals surface area contributed by atoms with E-state index in [0.29, 0.717) is 0 Å². The summed E-state index contributed by atoms with van der Waals surface area (Å²) in [6.07, 6.45) is -13.8. The number of alkyl halides is 9. The summed E-state index contributed by atoms with van der Waals surface area (Å²) in [4.78, 5) is 14.5. The molecule has 0 amide bonds. The Kier molecular flexibility index (Phi) is 5.63. The van der Waals surface area contributed by atoms with Gasteiger partial charge in [-0.25, -0.2) is 0 Å². The minimum absolute atomic E-state index is 0.669. The van der Waals surface area contributed by atoms with Crippen LogP contribution in [0.25, 0.3) is 0 Å². The standard InChI is InChI=1S/C13H19F6I2N2O3/c1-5-9(6-2,10(25,11(14,15)16)12(17,18)19)26-7(24)8(3,20-4)13-21(22-13)23-13/h22-23,25H,5-6H2,1-4H3/q-1. The number of carbonyl (C=O) groups excluding carboxylic acids is 1. The van der Waals surface area contributed by atoms with Crippen LogP contribution in [0.4, 0.5) is 26.3 Å². The van der Waals surface area contributed by atoms with Gasteiger partial charge in [-0.3, -0.25) is 0 Å². The first kappa shape index (κ1) is 22.7. The van der Waals surface area contributed by atoms with Crippen molar-refractivity contribution in [2.24, 2.45) is 0 Å². The first-order valence-electron chi connectivity index (χ1n) is 7.48. The molecule has 156 valence electrons. The van der Waals surface area contributed by atoms with Gasteiger partial charge in [0.25, 0.3) is 0 Å². The number of esters is 1. The van der Waals surface area contributed by atoms with E-state index in [1.54, 1.807) is 4.93 Å². The quantitative estimate of drug-likeness (QED) is 0.0689. The van der Waals surface area contributed by atoms with Gasteiger partial charge in [0.15, 0.2) is 0 Å². The molecule has 2 aliphatic rings. The zero-order chi connectivity index (χ0) is 20.4. The van der Waals surface area contributed by atoms with Crippen LogP contribution in [0, 0.1) is 0 Å². The van der Waals surface area contributed by atoms with E-state index in [0.717, 1.165) is 13.8 Å². The molecule has 5 nitrogen and oxygen atoms in total. The molecule has 0 aromatic rings. The van der Waals surface area contributed by atoms with Crippen LogP contribution in [0.5, 0.6) is 0 Å². The predicted molar refractivity (Wildman–Crippen MR) is 83.8 cm³/mol. The molecule has 2 fully saturated rings. The summed E-state index contributed by atoms with van der Waals surface area (Å²) in [5.41, 5.74) is -8.33. The molecule has 2 rings (SSSR count). The fourth-order valence-corrected chi connectivity index (χ4v) is 13.2. The molecule has 2 heterocycles. The van der Waals surface area contributed by atoms with Crippen LogP contribution in [0.2, 0.25) is 0 Å². The first-order chi connectivity index (χ1) is 11.6. The minimum atomic E-state index is -6.07. The Hall–Kier alpha value is 0.390. The number of nitrogens with one attached hydrogen (secondary N) is 2. The Labute approximate surface area is 164 Å². The van der Waals surface area contributed by atoms with Crippen molar-refractivity contribution in [2.45, 2.75) is 64.3 Å². The van der Waals surface area contributed by atoms with Crippen LogP contribution >= 0.6 is 20.4 Å². The maximum atomic E-state index is 13.4. The van der Waals surface area contributed by atoms with Crippen molar-refractivity contribution in [3.63, 3.8) is 0 Å². The molecule has 0 aromatic heterocycles. The van der Waals surface area contributed by atoms with Gasteiger partial charge in [-0.15, -0.1) is 0 Å². The molecule has 0 spiro atoms. The van der Waals surface area contributed by atoms with E-state index in [4.69, 9.17) is 4.74 Å². The molecule has 0 aliphatic carbocycles. The topological polar surface area (TPSA) is 90.4 Å². The zero-order valence-corrected chi connectivity index (χ0v) is 18.5. The molecule has 26 heavy (non-hydrogen) atoms. The van der Waals surface area contributed by atoms with Gasteiger partial charge in [-0.2, -0.15) is 0 Å². The van der Waals surface area contributed by atoms with Crippen LogP contribution < -0.4 is 28.3 Å². The van der Waals surface area contributed by atoms with E-state index in [1.807, 2.05) is 0 Å². The first-order valence-corrected chi connectivity index (χ1v) is 13.9. The summed E-state index contributed by atoms with van der Waals surface area (Å²) in [5.74, 6) is -1.14.